The van der Waals surface area contributed by atoms with Crippen LogP contribution in [0.5, 0.6) is 0 Å². The van der Waals surface area contributed by atoms with Crippen molar-refractivity contribution in [3.63, 3.8) is 0 Å². The fourth-order valence-corrected chi connectivity index (χ4v) is 2.90. The number of amides is 1. The summed E-state index contributed by atoms with van der Waals surface area (Å²) in [4.78, 5) is 14.6. The number of hydrogen-bond donors (Lipinski definition) is 1. The Balaban J connectivity index is 0.00000144. The summed E-state index contributed by atoms with van der Waals surface area (Å²) in [7, 11) is 0. The highest BCUT2D eigenvalue weighted by atomic mass is 35.5. The average Bonchev–Trinajstić information content (AvgIpc) is 3.08. The van der Waals surface area contributed by atoms with Gasteiger partial charge in [-0.3, -0.25) is 9.48 Å². The molecule has 1 saturated heterocycles. The quantitative estimate of drug-likeness (QED) is 0.898. The van der Waals surface area contributed by atoms with Gasteiger partial charge in [0.05, 0.1) is 6.04 Å². The first-order valence-electron chi connectivity index (χ1n) is 7.84. The van der Waals surface area contributed by atoms with Crippen LogP contribution in [0.3, 0.4) is 0 Å². The third kappa shape index (κ3) is 4.72. The molecule has 2 aromatic rings. The normalized spacial score (nSPS) is 16.9. The molecule has 0 radical (unpaired) electrons. The van der Waals surface area contributed by atoms with E-state index in [1.807, 2.05) is 17.2 Å². The molecular weight excluding hydrogens is 347 g/mol. The number of aryl methyl sites for hydroxylation is 1. The van der Waals surface area contributed by atoms with E-state index in [9.17, 15) is 4.79 Å². The van der Waals surface area contributed by atoms with Crippen molar-refractivity contribution < 1.29 is 4.79 Å². The Labute approximate surface area is 155 Å². The van der Waals surface area contributed by atoms with Crippen molar-refractivity contribution in [2.75, 3.05) is 19.6 Å². The molecule has 24 heavy (non-hydrogen) atoms. The highest BCUT2D eigenvalue weighted by Crippen LogP contribution is 2.23. The topological polar surface area (TPSA) is 50.2 Å². The molecule has 0 spiro atoms. The monoisotopic (exact) mass is 370 g/mol. The lowest BCUT2D eigenvalue weighted by Gasteiger charge is -2.36. The number of nitrogens with zero attached hydrogens (tertiary/aromatic N) is 3. The molecule has 1 aliphatic heterocycles. The SMILES string of the molecule is CCc1ccc(C2CNCCN2C(=O)Cn2cccn2)cc1.Cl.Cl. The zero-order valence-corrected chi connectivity index (χ0v) is 15.4. The highest BCUT2D eigenvalue weighted by Gasteiger charge is 2.27. The second-order valence-corrected chi connectivity index (χ2v) is 5.61. The molecule has 1 fully saturated rings. The van der Waals surface area contributed by atoms with Gasteiger partial charge in [0.15, 0.2) is 0 Å². The minimum absolute atomic E-state index is 0. The Kier molecular flexibility index (Phi) is 8.25. The van der Waals surface area contributed by atoms with Gasteiger partial charge in [-0.15, -0.1) is 24.8 Å². The summed E-state index contributed by atoms with van der Waals surface area (Å²) in [6, 6.07) is 10.5. The third-order valence-corrected chi connectivity index (χ3v) is 4.19. The van der Waals surface area contributed by atoms with E-state index in [0.29, 0.717) is 6.54 Å². The molecule has 1 atom stereocenters. The number of hydrogen-bond acceptors (Lipinski definition) is 3. The second-order valence-electron chi connectivity index (χ2n) is 5.61. The van der Waals surface area contributed by atoms with Gasteiger partial charge in [-0.1, -0.05) is 31.2 Å². The molecule has 1 aromatic carbocycles. The number of aromatic nitrogens is 2. The van der Waals surface area contributed by atoms with Gasteiger partial charge in [0.1, 0.15) is 6.54 Å². The Bertz CT molecular complexity index is 616. The fourth-order valence-electron chi connectivity index (χ4n) is 2.90. The van der Waals surface area contributed by atoms with Gasteiger partial charge in [0.25, 0.3) is 0 Å². The van der Waals surface area contributed by atoms with Crippen molar-refractivity contribution in [1.82, 2.24) is 20.0 Å². The largest absolute Gasteiger partial charge is 0.331 e. The Morgan fingerprint density at radius 1 is 1.29 bits per heavy atom. The van der Waals surface area contributed by atoms with Crippen LogP contribution in [-0.4, -0.2) is 40.2 Å². The van der Waals surface area contributed by atoms with E-state index in [-0.39, 0.29) is 36.8 Å². The van der Waals surface area contributed by atoms with Crippen molar-refractivity contribution in [1.29, 1.82) is 0 Å². The molecule has 0 aliphatic carbocycles. The number of carbonyl (C=O) groups excluding carboxylic acids is 1. The average molecular weight is 371 g/mol. The van der Waals surface area contributed by atoms with E-state index >= 15 is 0 Å². The maximum Gasteiger partial charge on any atom is 0.244 e. The fraction of sp³-hybridized carbons (Fsp3) is 0.412. The van der Waals surface area contributed by atoms with Crippen LogP contribution in [0.4, 0.5) is 0 Å². The second kappa shape index (κ2) is 9.67. The molecule has 3 rings (SSSR count). The van der Waals surface area contributed by atoms with Crippen LogP contribution in [0.15, 0.2) is 42.7 Å². The lowest BCUT2D eigenvalue weighted by atomic mass is 10.0. The summed E-state index contributed by atoms with van der Waals surface area (Å²) in [6.45, 7) is 4.83. The maximum atomic E-state index is 12.6. The molecule has 1 aliphatic rings. The number of benzene rings is 1. The molecule has 132 valence electrons. The van der Waals surface area contributed by atoms with Gasteiger partial charge >= 0.3 is 0 Å². The first kappa shape index (κ1) is 20.5. The maximum absolute atomic E-state index is 12.6. The zero-order valence-electron chi connectivity index (χ0n) is 13.7. The summed E-state index contributed by atoms with van der Waals surface area (Å²) < 4.78 is 1.68. The number of rotatable bonds is 4. The van der Waals surface area contributed by atoms with Gasteiger partial charge in [0.2, 0.25) is 5.91 Å². The Hall–Kier alpha value is -1.56. The standard InChI is InChI=1S/C17H22N4O.2ClH/c1-2-14-4-6-15(7-5-14)16-12-18-9-11-21(16)17(22)13-20-10-3-8-19-20;;/h3-8,10,16,18H,2,9,11-13H2,1H3;2*1H. The predicted octanol–water partition coefficient (Wildman–Crippen LogP) is 2.46. The number of carbonyl (C=O) groups is 1. The molecule has 0 saturated carbocycles. The minimum Gasteiger partial charge on any atom is -0.331 e. The van der Waals surface area contributed by atoms with Crippen molar-refractivity contribution in [2.45, 2.75) is 25.9 Å². The van der Waals surface area contributed by atoms with Gasteiger partial charge in [-0.05, 0) is 23.6 Å². The first-order chi connectivity index (χ1) is 10.8. The lowest BCUT2D eigenvalue weighted by molar-refractivity contribution is -0.135. The zero-order chi connectivity index (χ0) is 15.4. The molecule has 0 bridgehead atoms. The predicted molar refractivity (Wildman–Crippen MR) is 99.9 cm³/mol. The molecule has 1 unspecified atom stereocenters. The van der Waals surface area contributed by atoms with Gasteiger partial charge in [0, 0.05) is 32.0 Å². The van der Waals surface area contributed by atoms with E-state index in [1.54, 1.807) is 10.9 Å². The van der Waals surface area contributed by atoms with Crippen LogP contribution in [0.25, 0.3) is 0 Å². The summed E-state index contributed by atoms with van der Waals surface area (Å²) in [5.41, 5.74) is 2.51. The molecular formula is C17H24Cl2N4O. The van der Waals surface area contributed by atoms with Gasteiger partial charge in [-0.25, -0.2) is 0 Å². The first-order valence-corrected chi connectivity index (χ1v) is 7.84. The van der Waals surface area contributed by atoms with Crippen LogP contribution in [0.1, 0.15) is 24.1 Å². The van der Waals surface area contributed by atoms with Crippen molar-refractivity contribution in [3.05, 3.63) is 53.9 Å². The number of nitrogens with one attached hydrogen (secondary N) is 1. The molecule has 1 N–H and O–H groups in total. The van der Waals surface area contributed by atoms with E-state index in [1.165, 1.54) is 11.1 Å². The highest BCUT2D eigenvalue weighted by molar-refractivity contribution is 5.85. The number of piperazine rings is 1. The summed E-state index contributed by atoms with van der Waals surface area (Å²) in [5, 5.41) is 7.51. The van der Waals surface area contributed by atoms with Crippen molar-refractivity contribution in [3.8, 4) is 0 Å². The molecule has 7 heteroatoms. The molecule has 1 amide bonds. The van der Waals surface area contributed by atoms with E-state index in [4.69, 9.17) is 0 Å². The van der Waals surface area contributed by atoms with Crippen molar-refractivity contribution in [2.24, 2.45) is 0 Å². The summed E-state index contributed by atoms with van der Waals surface area (Å²) >= 11 is 0. The van der Waals surface area contributed by atoms with Gasteiger partial charge in [-0.2, -0.15) is 5.10 Å². The molecule has 5 nitrogen and oxygen atoms in total. The number of halogens is 2. The summed E-state index contributed by atoms with van der Waals surface area (Å²) in [6.07, 6.45) is 4.56. The van der Waals surface area contributed by atoms with E-state index in [2.05, 4.69) is 41.6 Å². The molecule has 1 aromatic heterocycles. The van der Waals surface area contributed by atoms with Gasteiger partial charge < -0.3 is 10.2 Å². The third-order valence-electron chi connectivity index (χ3n) is 4.19. The Morgan fingerprint density at radius 3 is 2.67 bits per heavy atom. The summed E-state index contributed by atoms with van der Waals surface area (Å²) in [5.74, 6) is 0.120. The molecule has 2 heterocycles. The van der Waals surface area contributed by atoms with Crippen LogP contribution in [0.2, 0.25) is 0 Å². The van der Waals surface area contributed by atoms with Crippen LogP contribution in [-0.2, 0) is 17.8 Å². The Morgan fingerprint density at radius 2 is 2.04 bits per heavy atom. The minimum atomic E-state index is 0. The van der Waals surface area contributed by atoms with E-state index < -0.39 is 0 Å². The van der Waals surface area contributed by atoms with Crippen LogP contribution in [0, 0.1) is 0 Å². The smallest absolute Gasteiger partial charge is 0.244 e. The van der Waals surface area contributed by atoms with E-state index in [0.717, 1.165) is 26.1 Å². The van der Waals surface area contributed by atoms with Crippen LogP contribution >= 0.6 is 24.8 Å². The van der Waals surface area contributed by atoms with Crippen molar-refractivity contribution >= 4 is 30.7 Å². The lowest BCUT2D eigenvalue weighted by Crippen LogP contribution is -2.49. The van der Waals surface area contributed by atoms with Crippen LogP contribution < -0.4 is 5.32 Å².